The standard InChI is InChI=1S/C11H11NO4S/c13-17(14,15)9-8-12-7-6-11(16-12)10-4-2-1-3-5-10/h1-7H,8-9H2. The molecule has 1 aromatic carbocycles. The average Bonchev–Trinajstić information content (AvgIpc) is 2.75. The van der Waals surface area contributed by atoms with Crippen molar-refractivity contribution < 1.29 is 22.2 Å². The van der Waals surface area contributed by atoms with Crippen LogP contribution in [0.3, 0.4) is 0 Å². The molecule has 90 valence electrons. The summed E-state index contributed by atoms with van der Waals surface area (Å²) in [4.78, 5) is 0. The molecule has 2 aromatic rings. The first-order valence-corrected chi connectivity index (χ1v) is 6.61. The number of hydrogen-bond donors (Lipinski definition) is 0. The van der Waals surface area contributed by atoms with Gasteiger partial charge in [0.05, 0.1) is 6.07 Å². The van der Waals surface area contributed by atoms with Crippen molar-refractivity contribution >= 4 is 10.1 Å². The van der Waals surface area contributed by atoms with Gasteiger partial charge in [0.1, 0.15) is 15.9 Å². The molecule has 0 atom stereocenters. The highest BCUT2D eigenvalue weighted by atomic mass is 32.2. The molecule has 0 aliphatic rings. The molecule has 6 heteroatoms. The van der Waals surface area contributed by atoms with Gasteiger partial charge in [-0.15, -0.1) is 0 Å². The summed E-state index contributed by atoms with van der Waals surface area (Å²) in [5, 5.41) is 0. The van der Waals surface area contributed by atoms with Crippen molar-refractivity contribution in [3.05, 3.63) is 42.6 Å². The topological polar surface area (TPSA) is 74.2 Å². The normalized spacial score (nSPS) is 11.6. The van der Waals surface area contributed by atoms with Crippen LogP contribution < -0.4 is 4.74 Å². The summed E-state index contributed by atoms with van der Waals surface area (Å²) in [6.07, 6.45) is 1.60. The fourth-order valence-electron chi connectivity index (χ4n) is 1.41. The molecular formula is C11H11NO4S. The Morgan fingerprint density at radius 2 is 1.88 bits per heavy atom. The van der Waals surface area contributed by atoms with Crippen molar-refractivity contribution in [1.82, 2.24) is 0 Å². The van der Waals surface area contributed by atoms with E-state index in [0.29, 0.717) is 5.76 Å². The third-order valence-electron chi connectivity index (χ3n) is 2.23. The van der Waals surface area contributed by atoms with Crippen molar-refractivity contribution in [2.45, 2.75) is 6.54 Å². The van der Waals surface area contributed by atoms with Gasteiger partial charge in [-0.1, -0.05) is 30.3 Å². The molecule has 0 aliphatic heterocycles. The molecule has 17 heavy (non-hydrogen) atoms. The maximum absolute atomic E-state index is 10.5. The van der Waals surface area contributed by atoms with Gasteiger partial charge in [0.2, 0.25) is 18.5 Å². The molecule has 0 spiro atoms. The van der Waals surface area contributed by atoms with Crippen LogP contribution in [0.1, 0.15) is 0 Å². The van der Waals surface area contributed by atoms with E-state index < -0.39 is 15.9 Å². The Hall–Kier alpha value is -1.66. The molecular weight excluding hydrogens is 242 g/mol. The number of hydrogen-bond acceptors (Lipinski definition) is 4. The van der Waals surface area contributed by atoms with E-state index in [9.17, 15) is 13.0 Å². The maximum Gasteiger partial charge on any atom is 0.220 e. The molecule has 0 amide bonds. The van der Waals surface area contributed by atoms with E-state index in [0.717, 1.165) is 5.56 Å². The van der Waals surface area contributed by atoms with Gasteiger partial charge in [-0.2, -0.15) is 0 Å². The van der Waals surface area contributed by atoms with Crippen LogP contribution in [0.25, 0.3) is 11.3 Å². The Morgan fingerprint density at radius 1 is 1.18 bits per heavy atom. The molecule has 0 unspecified atom stereocenters. The van der Waals surface area contributed by atoms with Crippen molar-refractivity contribution in [3.8, 4) is 11.3 Å². The van der Waals surface area contributed by atoms with Crippen LogP contribution in [-0.4, -0.2) is 18.7 Å². The number of benzene rings is 1. The Kier molecular flexibility index (Phi) is 3.26. The monoisotopic (exact) mass is 253 g/mol. The predicted molar refractivity (Wildman–Crippen MR) is 58.9 cm³/mol. The van der Waals surface area contributed by atoms with Crippen molar-refractivity contribution in [1.29, 1.82) is 0 Å². The summed E-state index contributed by atoms with van der Waals surface area (Å²) in [6, 6.07) is 11.1. The van der Waals surface area contributed by atoms with Crippen LogP contribution in [0.4, 0.5) is 0 Å². The molecule has 0 radical (unpaired) electrons. The third kappa shape index (κ3) is 3.40. The lowest BCUT2D eigenvalue weighted by Crippen LogP contribution is -2.34. The van der Waals surface area contributed by atoms with Crippen LogP contribution >= 0.6 is 0 Å². The van der Waals surface area contributed by atoms with Crippen LogP contribution in [0.15, 0.2) is 47.1 Å². The second-order valence-corrected chi connectivity index (χ2v) is 5.06. The van der Waals surface area contributed by atoms with E-state index in [1.54, 1.807) is 12.3 Å². The largest absolute Gasteiger partial charge is 0.748 e. The van der Waals surface area contributed by atoms with Crippen LogP contribution in [0.2, 0.25) is 0 Å². The molecule has 2 rings (SSSR count). The van der Waals surface area contributed by atoms with Gasteiger partial charge >= 0.3 is 0 Å². The van der Waals surface area contributed by atoms with Crippen LogP contribution in [0, 0.1) is 0 Å². The molecule has 0 fully saturated rings. The fourth-order valence-corrected chi connectivity index (χ4v) is 1.81. The minimum atomic E-state index is -4.21. The van der Waals surface area contributed by atoms with Crippen LogP contribution in [-0.2, 0) is 16.7 Å². The number of rotatable bonds is 4. The van der Waals surface area contributed by atoms with Crippen molar-refractivity contribution in [2.24, 2.45) is 0 Å². The summed E-state index contributed by atoms with van der Waals surface area (Å²) in [6.45, 7) is 0.0265. The maximum atomic E-state index is 10.5. The molecule has 0 bridgehead atoms. The Labute approximate surface area is 99.0 Å². The van der Waals surface area contributed by atoms with E-state index in [1.165, 1.54) is 4.74 Å². The van der Waals surface area contributed by atoms with E-state index in [2.05, 4.69) is 0 Å². The van der Waals surface area contributed by atoms with Gasteiger partial charge < -0.3 is 4.55 Å². The molecule has 1 aromatic heterocycles. The first-order chi connectivity index (χ1) is 8.04. The zero-order chi connectivity index (χ0) is 12.3. The predicted octanol–water partition coefficient (Wildman–Crippen LogP) is 0.779. The van der Waals surface area contributed by atoms with Gasteiger partial charge in [-0.05, 0) is 4.74 Å². The second-order valence-electron chi connectivity index (χ2n) is 3.54. The summed E-state index contributed by atoms with van der Waals surface area (Å²) < 4.78 is 38.1. The average molecular weight is 253 g/mol. The molecule has 1 heterocycles. The quantitative estimate of drug-likeness (QED) is 0.596. The molecule has 0 saturated carbocycles. The minimum absolute atomic E-state index is 0.0265. The first-order valence-electron chi connectivity index (χ1n) is 5.03. The highest BCUT2D eigenvalue weighted by Gasteiger charge is 2.11. The van der Waals surface area contributed by atoms with E-state index in [1.807, 2.05) is 30.3 Å². The summed E-state index contributed by atoms with van der Waals surface area (Å²) in [7, 11) is -4.21. The van der Waals surface area contributed by atoms with Gasteiger partial charge in [0.15, 0.2) is 0 Å². The Balaban J connectivity index is 2.12. The second kappa shape index (κ2) is 4.68. The lowest BCUT2D eigenvalue weighted by atomic mass is 10.2. The van der Waals surface area contributed by atoms with E-state index in [-0.39, 0.29) is 6.54 Å². The number of aryl methyl sites for hydroxylation is 1. The highest BCUT2D eigenvalue weighted by Crippen LogP contribution is 2.16. The first kappa shape index (κ1) is 11.8. The van der Waals surface area contributed by atoms with Gasteiger partial charge in [0, 0.05) is 5.56 Å². The van der Waals surface area contributed by atoms with Gasteiger partial charge in [-0.25, -0.2) is 12.9 Å². The van der Waals surface area contributed by atoms with Gasteiger partial charge in [0.25, 0.3) is 0 Å². The van der Waals surface area contributed by atoms with Gasteiger partial charge in [-0.3, -0.25) is 0 Å². The third-order valence-corrected chi connectivity index (χ3v) is 2.91. The lowest BCUT2D eigenvalue weighted by Gasteiger charge is -2.00. The zero-order valence-electron chi connectivity index (χ0n) is 8.94. The molecule has 5 nitrogen and oxygen atoms in total. The smallest absolute Gasteiger partial charge is 0.220 e. The summed E-state index contributed by atoms with van der Waals surface area (Å²) in [5.74, 6) is 0.160. The lowest BCUT2D eigenvalue weighted by molar-refractivity contribution is -0.859. The van der Waals surface area contributed by atoms with Crippen LogP contribution in [0.5, 0.6) is 0 Å². The molecule has 0 aliphatic carbocycles. The van der Waals surface area contributed by atoms with Crippen molar-refractivity contribution in [2.75, 3.05) is 5.75 Å². The van der Waals surface area contributed by atoms with E-state index in [4.69, 9.17) is 4.52 Å². The molecule has 0 saturated heterocycles. The number of nitrogens with zero attached hydrogens (tertiary/aromatic N) is 1. The summed E-state index contributed by atoms with van der Waals surface area (Å²) in [5.41, 5.74) is 0.899. The van der Waals surface area contributed by atoms with E-state index >= 15 is 0 Å². The minimum Gasteiger partial charge on any atom is -0.748 e. The zero-order valence-corrected chi connectivity index (χ0v) is 9.76. The number of aromatic nitrogens is 1. The van der Waals surface area contributed by atoms with Crippen molar-refractivity contribution in [3.63, 3.8) is 0 Å². The molecule has 0 N–H and O–H groups in total. The highest BCUT2D eigenvalue weighted by molar-refractivity contribution is 7.85. The Bertz CT molecular complexity index is 589. The SMILES string of the molecule is O=S(=O)([O-])CC[n+]1ccc(-c2ccccc2)o1. The Morgan fingerprint density at radius 3 is 2.53 bits per heavy atom. The summed E-state index contributed by atoms with van der Waals surface area (Å²) >= 11 is 0. The fraction of sp³-hybridized carbons (Fsp3) is 0.182.